The average molecular weight is 307 g/mol. The van der Waals surface area contributed by atoms with Crippen molar-refractivity contribution in [3.8, 4) is 5.75 Å². The molecule has 2 rings (SSSR count). The average Bonchev–Trinajstić information content (AvgIpc) is 2.45. The monoisotopic (exact) mass is 307 g/mol. The first-order valence-corrected chi connectivity index (χ1v) is 7.31. The molecular formula is C16H21NO5. The van der Waals surface area contributed by atoms with Gasteiger partial charge in [-0.25, -0.2) is 4.79 Å². The van der Waals surface area contributed by atoms with E-state index >= 15 is 0 Å². The lowest BCUT2D eigenvalue weighted by Gasteiger charge is -2.40. The number of nitrogens with one attached hydrogen (secondary N) is 1. The molecular weight excluding hydrogens is 286 g/mol. The molecule has 0 aliphatic heterocycles. The Morgan fingerprint density at radius 2 is 1.95 bits per heavy atom. The van der Waals surface area contributed by atoms with Gasteiger partial charge in [0.2, 0.25) is 5.91 Å². The number of amides is 1. The Morgan fingerprint density at radius 3 is 2.45 bits per heavy atom. The lowest BCUT2D eigenvalue weighted by atomic mass is 9.66. The lowest BCUT2D eigenvalue weighted by molar-refractivity contribution is -0.139. The van der Waals surface area contributed by atoms with E-state index in [-0.39, 0.29) is 17.9 Å². The Morgan fingerprint density at radius 1 is 1.27 bits per heavy atom. The zero-order chi connectivity index (χ0) is 16.0. The van der Waals surface area contributed by atoms with E-state index in [1.54, 1.807) is 31.4 Å². The van der Waals surface area contributed by atoms with E-state index in [1.807, 2.05) is 0 Å². The number of carbonyl (C=O) groups excluding carboxylic acids is 1. The third-order valence-electron chi connectivity index (χ3n) is 4.05. The highest BCUT2D eigenvalue weighted by Crippen LogP contribution is 2.44. The van der Waals surface area contributed by atoms with Crippen molar-refractivity contribution in [2.24, 2.45) is 5.41 Å². The van der Waals surface area contributed by atoms with E-state index in [2.05, 4.69) is 5.32 Å². The van der Waals surface area contributed by atoms with Crippen molar-refractivity contribution < 1.29 is 24.2 Å². The smallest absolute Gasteiger partial charge is 0.341 e. The molecule has 0 atom stereocenters. The summed E-state index contributed by atoms with van der Waals surface area (Å²) >= 11 is 0. The van der Waals surface area contributed by atoms with Gasteiger partial charge < -0.3 is 19.9 Å². The second-order valence-electron chi connectivity index (χ2n) is 5.54. The molecule has 1 aliphatic rings. The zero-order valence-electron chi connectivity index (χ0n) is 12.6. The first-order valence-electron chi connectivity index (χ1n) is 7.31. The Hall–Kier alpha value is -2.08. The number of carboxylic acids is 1. The number of benzene rings is 1. The quantitative estimate of drug-likeness (QED) is 0.769. The van der Waals surface area contributed by atoms with Gasteiger partial charge in [-0.2, -0.15) is 0 Å². The number of hydrogen-bond donors (Lipinski definition) is 2. The molecule has 22 heavy (non-hydrogen) atoms. The van der Waals surface area contributed by atoms with Gasteiger partial charge in [0.05, 0.1) is 5.41 Å². The molecule has 1 amide bonds. The molecule has 0 unspecified atom stereocenters. The van der Waals surface area contributed by atoms with Crippen LogP contribution in [0.2, 0.25) is 0 Å². The molecule has 0 radical (unpaired) electrons. The Balaban J connectivity index is 1.92. The predicted molar refractivity (Wildman–Crippen MR) is 81.0 cm³/mol. The zero-order valence-corrected chi connectivity index (χ0v) is 12.6. The fraction of sp³-hybridized carbons (Fsp3) is 0.500. The van der Waals surface area contributed by atoms with Crippen molar-refractivity contribution in [2.45, 2.75) is 25.7 Å². The van der Waals surface area contributed by atoms with E-state index < -0.39 is 5.97 Å². The molecule has 1 aliphatic carbocycles. The SMILES string of the molecule is COCCC1(C(=O)Nc2ccc(OCC(=O)O)cc2)CCC1. The van der Waals surface area contributed by atoms with Crippen molar-refractivity contribution in [1.29, 1.82) is 0 Å². The maximum absolute atomic E-state index is 12.4. The predicted octanol–water partition coefficient (Wildman–Crippen LogP) is 2.30. The van der Waals surface area contributed by atoms with Crippen LogP contribution in [0.3, 0.4) is 0 Å². The summed E-state index contributed by atoms with van der Waals surface area (Å²) < 4.78 is 10.1. The van der Waals surface area contributed by atoms with Crippen molar-refractivity contribution in [2.75, 3.05) is 25.6 Å². The van der Waals surface area contributed by atoms with Crippen LogP contribution in [0.15, 0.2) is 24.3 Å². The van der Waals surface area contributed by atoms with E-state index in [1.165, 1.54) is 0 Å². The van der Waals surface area contributed by atoms with Crippen LogP contribution in [0.4, 0.5) is 5.69 Å². The van der Waals surface area contributed by atoms with Crippen molar-refractivity contribution in [3.63, 3.8) is 0 Å². The second kappa shape index (κ2) is 7.26. The summed E-state index contributed by atoms with van der Waals surface area (Å²) in [6.07, 6.45) is 3.58. The van der Waals surface area contributed by atoms with E-state index in [0.29, 0.717) is 18.0 Å². The molecule has 6 heteroatoms. The van der Waals surface area contributed by atoms with Gasteiger partial charge in [-0.15, -0.1) is 0 Å². The summed E-state index contributed by atoms with van der Waals surface area (Å²) in [6, 6.07) is 6.69. The van der Waals surface area contributed by atoms with Crippen LogP contribution in [0, 0.1) is 5.41 Å². The van der Waals surface area contributed by atoms with Crippen LogP contribution in [0.25, 0.3) is 0 Å². The molecule has 6 nitrogen and oxygen atoms in total. The molecule has 120 valence electrons. The topological polar surface area (TPSA) is 84.9 Å². The van der Waals surface area contributed by atoms with E-state index in [4.69, 9.17) is 14.6 Å². The Kier molecular flexibility index (Phi) is 5.38. The fourth-order valence-electron chi connectivity index (χ4n) is 2.53. The molecule has 1 aromatic carbocycles. The maximum Gasteiger partial charge on any atom is 0.341 e. The largest absolute Gasteiger partial charge is 0.482 e. The van der Waals surface area contributed by atoms with Gasteiger partial charge in [0, 0.05) is 19.4 Å². The van der Waals surface area contributed by atoms with Gasteiger partial charge in [-0.3, -0.25) is 4.79 Å². The molecule has 0 aromatic heterocycles. The molecule has 0 heterocycles. The molecule has 1 fully saturated rings. The van der Waals surface area contributed by atoms with Crippen molar-refractivity contribution >= 4 is 17.6 Å². The summed E-state index contributed by atoms with van der Waals surface area (Å²) in [7, 11) is 1.64. The molecule has 0 bridgehead atoms. The number of ether oxygens (including phenoxy) is 2. The lowest BCUT2D eigenvalue weighted by Crippen LogP contribution is -2.42. The number of aliphatic carboxylic acids is 1. The maximum atomic E-state index is 12.4. The Labute approximate surface area is 129 Å². The number of methoxy groups -OCH3 is 1. The van der Waals surface area contributed by atoms with Gasteiger partial charge in [-0.1, -0.05) is 6.42 Å². The van der Waals surface area contributed by atoms with Gasteiger partial charge >= 0.3 is 5.97 Å². The minimum Gasteiger partial charge on any atom is -0.482 e. The highest BCUT2D eigenvalue weighted by molar-refractivity contribution is 5.95. The van der Waals surface area contributed by atoms with Crippen LogP contribution in [0.1, 0.15) is 25.7 Å². The number of hydrogen-bond acceptors (Lipinski definition) is 4. The van der Waals surface area contributed by atoms with Crippen LogP contribution in [0.5, 0.6) is 5.75 Å². The second-order valence-corrected chi connectivity index (χ2v) is 5.54. The number of rotatable bonds is 8. The number of anilines is 1. The third kappa shape index (κ3) is 3.98. The Bertz CT molecular complexity index is 522. The molecule has 1 saturated carbocycles. The van der Waals surface area contributed by atoms with Crippen molar-refractivity contribution in [1.82, 2.24) is 0 Å². The van der Waals surface area contributed by atoms with Crippen LogP contribution in [-0.2, 0) is 14.3 Å². The van der Waals surface area contributed by atoms with Crippen LogP contribution in [-0.4, -0.2) is 37.3 Å². The van der Waals surface area contributed by atoms with E-state index in [0.717, 1.165) is 25.7 Å². The summed E-state index contributed by atoms with van der Waals surface area (Å²) in [6.45, 7) is 0.196. The summed E-state index contributed by atoms with van der Waals surface area (Å²) in [4.78, 5) is 22.9. The normalized spacial score (nSPS) is 15.7. The van der Waals surface area contributed by atoms with Crippen LogP contribution < -0.4 is 10.1 Å². The number of carboxylic acid groups (broad SMARTS) is 1. The van der Waals surface area contributed by atoms with Gasteiger partial charge in [0.25, 0.3) is 0 Å². The minimum absolute atomic E-state index is 0.0232. The van der Waals surface area contributed by atoms with Crippen LogP contribution >= 0.6 is 0 Å². The van der Waals surface area contributed by atoms with E-state index in [9.17, 15) is 9.59 Å². The number of carbonyl (C=O) groups is 2. The van der Waals surface area contributed by atoms with Crippen molar-refractivity contribution in [3.05, 3.63) is 24.3 Å². The first kappa shape index (κ1) is 16.3. The fourth-order valence-corrected chi connectivity index (χ4v) is 2.53. The van der Waals surface area contributed by atoms with Gasteiger partial charge in [-0.05, 0) is 43.5 Å². The molecule has 2 N–H and O–H groups in total. The standard InChI is InChI=1S/C16H21NO5/c1-21-10-9-16(7-2-8-16)15(20)17-12-3-5-13(6-4-12)22-11-14(18)19/h3-6H,2,7-11H2,1H3,(H,17,20)(H,18,19). The highest BCUT2D eigenvalue weighted by Gasteiger charge is 2.43. The van der Waals surface area contributed by atoms with Gasteiger partial charge in [0.15, 0.2) is 6.61 Å². The summed E-state index contributed by atoms with van der Waals surface area (Å²) in [5.74, 6) is -0.546. The third-order valence-corrected chi connectivity index (χ3v) is 4.05. The molecule has 1 aromatic rings. The summed E-state index contributed by atoms with van der Waals surface area (Å²) in [5.41, 5.74) is 0.366. The summed E-state index contributed by atoms with van der Waals surface area (Å²) in [5, 5.41) is 11.5. The van der Waals surface area contributed by atoms with Gasteiger partial charge in [0.1, 0.15) is 5.75 Å². The molecule has 0 spiro atoms. The molecule has 0 saturated heterocycles. The first-order chi connectivity index (χ1) is 10.6. The minimum atomic E-state index is -1.03. The highest BCUT2D eigenvalue weighted by atomic mass is 16.5.